The largest absolute Gasteiger partial charge is 0.477 e. The maximum atomic E-state index is 11.6. The molecule has 2 N–H and O–H groups in total. The maximum absolute atomic E-state index is 11.6. The predicted octanol–water partition coefficient (Wildman–Crippen LogP) is 0.592. The molecule has 0 fully saturated rings. The van der Waals surface area contributed by atoms with Gasteiger partial charge >= 0.3 is 5.97 Å². The summed E-state index contributed by atoms with van der Waals surface area (Å²) in [5.74, 6) is -1.10. The van der Waals surface area contributed by atoms with E-state index >= 15 is 0 Å². The lowest BCUT2D eigenvalue weighted by atomic mass is 10.2. The molecule has 2 rings (SSSR count). The van der Waals surface area contributed by atoms with Crippen LogP contribution in [-0.2, 0) is 6.42 Å². The van der Waals surface area contributed by atoms with Crippen LogP contribution < -0.4 is 5.56 Å². The molecule has 0 saturated heterocycles. The summed E-state index contributed by atoms with van der Waals surface area (Å²) in [7, 11) is 0. The van der Waals surface area contributed by atoms with Gasteiger partial charge in [0.05, 0.1) is 11.9 Å². The number of hydrogen-bond donors (Lipinski definition) is 2. The van der Waals surface area contributed by atoms with E-state index in [0.29, 0.717) is 12.0 Å². The number of carboxylic acids is 1. The quantitative estimate of drug-likeness (QED) is 0.777. The summed E-state index contributed by atoms with van der Waals surface area (Å²) in [5.41, 5.74) is 1.26. The monoisotopic (exact) mass is 221 g/mol. The van der Waals surface area contributed by atoms with Gasteiger partial charge in [0.1, 0.15) is 5.56 Å². The van der Waals surface area contributed by atoms with E-state index in [0.717, 1.165) is 5.69 Å². The van der Waals surface area contributed by atoms with E-state index in [2.05, 4.69) is 10.1 Å². The Balaban J connectivity index is 2.93. The Morgan fingerprint density at radius 2 is 2.31 bits per heavy atom. The molecule has 0 unspecified atom stereocenters. The Bertz CT molecular complexity index is 624. The molecular weight excluding hydrogens is 210 g/mol. The number of aryl methyl sites for hydroxylation is 1. The summed E-state index contributed by atoms with van der Waals surface area (Å²) >= 11 is 0. The SMILES string of the molecule is CCc1c(C)c(=O)[nH]c2c(C(=O)O)cnn12. The fourth-order valence-electron chi connectivity index (χ4n) is 1.74. The minimum atomic E-state index is -1.10. The average molecular weight is 221 g/mol. The number of carbonyl (C=O) groups is 1. The van der Waals surface area contributed by atoms with Crippen LogP contribution in [-0.4, -0.2) is 25.7 Å². The van der Waals surface area contributed by atoms with Gasteiger partial charge in [-0.2, -0.15) is 5.10 Å². The second-order valence-corrected chi connectivity index (χ2v) is 3.50. The number of rotatable bonds is 2. The molecule has 2 aromatic rings. The molecule has 0 spiro atoms. The van der Waals surface area contributed by atoms with Crippen LogP contribution in [0.3, 0.4) is 0 Å². The topological polar surface area (TPSA) is 87.5 Å². The standard InChI is InChI=1S/C10H11N3O3/c1-3-7-5(2)9(14)12-8-6(10(15)16)4-11-13(7)8/h4H,3H2,1-2H3,(H,12,14)(H,15,16). The molecule has 0 amide bonds. The van der Waals surface area contributed by atoms with Crippen molar-refractivity contribution in [1.29, 1.82) is 0 Å². The highest BCUT2D eigenvalue weighted by Gasteiger charge is 2.16. The highest BCUT2D eigenvalue weighted by molar-refractivity contribution is 5.94. The molecule has 0 atom stereocenters. The summed E-state index contributed by atoms with van der Waals surface area (Å²) in [5, 5.41) is 12.9. The Kier molecular flexibility index (Phi) is 2.26. The van der Waals surface area contributed by atoms with E-state index in [1.165, 1.54) is 10.7 Å². The summed E-state index contributed by atoms with van der Waals surface area (Å²) in [6.45, 7) is 3.59. The smallest absolute Gasteiger partial charge is 0.341 e. The third-order valence-corrected chi connectivity index (χ3v) is 2.60. The summed E-state index contributed by atoms with van der Waals surface area (Å²) in [6, 6.07) is 0. The first-order chi connectivity index (χ1) is 7.56. The van der Waals surface area contributed by atoms with Crippen LogP contribution in [0.1, 0.15) is 28.5 Å². The average Bonchev–Trinajstić information content (AvgIpc) is 2.63. The van der Waals surface area contributed by atoms with Gasteiger partial charge < -0.3 is 10.1 Å². The molecule has 0 aliphatic carbocycles. The first kappa shape index (κ1) is 10.4. The van der Waals surface area contributed by atoms with Crippen molar-refractivity contribution in [2.45, 2.75) is 20.3 Å². The third kappa shape index (κ3) is 1.30. The Hall–Kier alpha value is -2.11. The second kappa shape index (κ2) is 3.48. The number of nitrogens with zero attached hydrogens (tertiary/aromatic N) is 2. The van der Waals surface area contributed by atoms with Crippen LogP contribution >= 0.6 is 0 Å². The van der Waals surface area contributed by atoms with Gasteiger partial charge in [-0.05, 0) is 13.3 Å². The Labute approximate surface area is 90.5 Å². The fourth-order valence-corrected chi connectivity index (χ4v) is 1.74. The van der Waals surface area contributed by atoms with Gasteiger partial charge in [0.2, 0.25) is 0 Å². The zero-order chi connectivity index (χ0) is 11.9. The zero-order valence-corrected chi connectivity index (χ0v) is 8.94. The molecule has 0 radical (unpaired) electrons. The summed E-state index contributed by atoms with van der Waals surface area (Å²) in [6.07, 6.45) is 1.86. The number of nitrogens with one attached hydrogen (secondary N) is 1. The molecule has 0 saturated carbocycles. The lowest BCUT2D eigenvalue weighted by Crippen LogP contribution is -2.17. The van der Waals surface area contributed by atoms with Gasteiger partial charge in [0.25, 0.3) is 5.56 Å². The summed E-state index contributed by atoms with van der Waals surface area (Å²) < 4.78 is 1.47. The van der Waals surface area contributed by atoms with E-state index in [1.807, 2.05) is 6.92 Å². The molecule has 2 heterocycles. The number of carboxylic acid groups (broad SMARTS) is 1. The maximum Gasteiger partial charge on any atom is 0.341 e. The number of aromatic amines is 1. The summed E-state index contributed by atoms with van der Waals surface area (Å²) in [4.78, 5) is 25.0. The Morgan fingerprint density at radius 1 is 1.62 bits per heavy atom. The van der Waals surface area contributed by atoms with Crippen LogP contribution in [0.4, 0.5) is 0 Å². The third-order valence-electron chi connectivity index (χ3n) is 2.60. The molecule has 6 nitrogen and oxygen atoms in total. The van der Waals surface area contributed by atoms with Gasteiger partial charge in [-0.3, -0.25) is 4.79 Å². The molecule has 16 heavy (non-hydrogen) atoms. The molecule has 2 aromatic heterocycles. The van der Waals surface area contributed by atoms with E-state index in [-0.39, 0.29) is 16.8 Å². The fraction of sp³-hybridized carbons (Fsp3) is 0.300. The minimum Gasteiger partial charge on any atom is -0.477 e. The van der Waals surface area contributed by atoms with Crippen molar-refractivity contribution in [3.63, 3.8) is 0 Å². The molecule has 0 aliphatic rings. The first-order valence-electron chi connectivity index (χ1n) is 4.89. The van der Waals surface area contributed by atoms with Crippen molar-refractivity contribution in [3.05, 3.63) is 33.4 Å². The molecule has 6 heteroatoms. The zero-order valence-electron chi connectivity index (χ0n) is 8.94. The predicted molar refractivity (Wildman–Crippen MR) is 56.9 cm³/mol. The van der Waals surface area contributed by atoms with E-state index in [4.69, 9.17) is 5.11 Å². The van der Waals surface area contributed by atoms with Crippen LogP contribution in [0.15, 0.2) is 11.0 Å². The normalized spacial score (nSPS) is 10.9. The van der Waals surface area contributed by atoms with Crippen LogP contribution in [0.2, 0.25) is 0 Å². The second-order valence-electron chi connectivity index (χ2n) is 3.50. The van der Waals surface area contributed by atoms with E-state index in [9.17, 15) is 9.59 Å². The molecule has 0 bridgehead atoms. The van der Waals surface area contributed by atoms with Crippen molar-refractivity contribution in [3.8, 4) is 0 Å². The van der Waals surface area contributed by atoms with Crippen molar-refractivity contribution in [2.24, 2.45) is 0 Å². The van der Waals surface area contributed by atoms with Gasteiger partial charge in [0.15, 0.2) is 5.65 Å². The molecule has 84 valence electrons. The minimum absolute atomic E-state index is 0.00630. The molecule has 0 aliphatic heterocycles. The van der Waals surface area contributed by atoms with Crippen molar-refractivity contribution in [2.75, 3.05) is 0 Å². The van der Waals surface area contributed by atoms with Gasteiger partial charge in [-0.15, -0.1) is 0 Å². The van der Waals surface area contributed by atoms with Crippen LogP contribution in [0, 0.1) is 6.92 Å². The lowest BCUT2D eigenvalue weighted by molar-refractivity contribution is 0.0698. The van der Waals surface area contributed by atoms with Crippen LogP contribution in [0.25, 0.3) is 5.65 Å². The molecule has 0 aromatic carbocycles. The van der Waals surface area contributed by atoms with Gasteiger partial charge in [-0.1, -0.05) is 6.92 Å². The highest BCUT2D eigenvalue weighted by Crippen LogP contribution is 2.11. The number of hydrogen-bond acceptors (Lipinski definition) is 3. The van der Waals surface area contributed by atoms with Crippen LogP contribution in [0.5, 0.6) is 0 Å². The number of aromatic nitrogens is 3. The number of fused-ring (bicyclic) bond motifs is 1. The van der Waals surface area contributed by atoms with E-state index in [1.54, 1.807) is 6.92 Å². The number of aromatic carboxylic acids is 1. The van der Waals surface area contributed by atoms with Crippen molar-refractivity contribution in [1.82, 2.24) is 14.6 Å². The number of H-pyrrole nitrogens is 1. The first-order valence-corrected chi connectivity index (χ1v) is 4.89. The molecular formula is C10H11N3O3. The Morgan fingerprint density at radius 3 is 2.88 bits per heavy atom. The lowest BCUT2D eigenvalue weighted by Gasteiger charge is -2.05. The van der Waals surface area contributed by atoms with E-state index < -0.39 is 5.97 Å². The van der Waals surface area contributed by atoms with Gasteiger partial charge in [-0.25, -0.2) is 9.31 Å². The van der Waals surface area contributed by atoms with Crippen molar-refractivity contribution >= 4 is 11.6 Å². The van der Waals surface area contributed by atoms with Gasteiger partial charge in [0, 0.05) is 5.56 Å². The van der Waals surface area contributed by atoms with Crippen molar-refractivity contribution < 1.29 is 9.90 Å². The highest BCUT2D eigenvalue weighted by atomic mass is 16.4.